The van der Waals surface area contributed by atoms with Gasteiger partial charge >= 0.3 is 0 Å². The number of rotatable bonds is 9. The number of carbonyl (C=O) groups excluding carboxylic acids is 1. The van der Waals surface area contributed by atoms with Crippen LogP contribution in [-0.4, -0.2) is 47.5 Å². The van der Waals surface area contributed by atoms with E-state index in [4.69, 9.17) is 16.3 Å². The first-order chi connectivity index (χ1) is 19.3. The second kappa shape index (κ2) is 13.1. The topological polar surface area (TPSA) is 50.1 Å². The van der Waals surface area contributed by atoms with Crippen LogP contribution in [0.1, 0.15) is 48.9 Å². The van der Waals surface area contributed by atoms with Gasteiger partial charge in [-0.2, -0.15) is 0 Å². The van der Waals surface area contributed by atoms with Crippen molar-refractivity contribution < 1.29 is 18.3 Å². The summed E-state index contributed by atoms with van der Waals surface area (Å²) in [6.07, 6.45) is 2.99. The number of pyridine rings is 1. The van der Waals surface area contributed by atoms with Crippen LogP contribution in [0, 0.1) is 11.6 Å². The maximum Gasteiger partial charge on any atom is 0.181 e. The molecule has 3 heterocycles. The van der Waals surface area contributed by atoms with Gasteiger partial charge in [0.15, 0.2) is 17.3 Å². The number of ether oxygens (including phenoxy) is 1. The van der Waals surface area contributed by atoms with Gasteiger partial charge in [-0.25, -0.2) is 13.8 Å². The van der Waals surface area contributed by atoms with Crippen LogP contribution in [0.2, 0.25) is 5.02 Å². The van der Waals surface area contributed by atoms with Crippen molar-refractivity contribution in [3.8, 4) is 5.75 Å². The van der Waals surface area contributed by atoms with Gasteiger partial charge in [-0.05, 0) is 68.7 Å². The van der Waals surface area contributed by atoms with E-state index < -0.39 is 0 Å². The Morgan fingerprint density at radius 3 is 2.56 bits per heavy atom. The van der Waals surface area contributed by atoms with Gasteiger partial charge in [0.2, 0.25) is 0 Å². The van der Waals surface area contributed by atoms with Crippen molar-refractivity contribution in [2.75, 3.05) is 36.0 Å². The Labute approximate surface area is 250 Å². The van der Waals surface area contributed by atoms with E-state index in [1.807, 2.05) is 30.9 Å². The highest BCUT2D eigenvalue weighted by molar-refractivity contribution is 6.30. The highest BCUT2D eigenvalue weighted by Gasteiger charge is 2.26. The lowest BCUT2D eigenvalue weighted by molar-refractivity contribution is 0.0976. The zero-order valence-electron chi connectivity index (χ0n) is 23.4. The first-order valence-electron chi connectivity index (χ1n) is 13.7. The lowest BCUT2D eigenvalue weighted by Crippen LogP contribution is -2.52. The fraction of sp³-hybridized carbons (Fsp3) is 0.355. The Morgan fingerprint density at radius 1 is 1.07 bits per heavy atom. The fourth-order valence-corrected chi connectivity index (χ4v) is 5.61. The van der Waals surface area contributed by atoms with Crippen molar-refractivity contribution in [2.24, 2.45) is 0 Å². The lowest BCUT2D eigenvalue weighted by atomic mass is 10.0. The molecule has 0 amide bonds. The Morgan fingerprint density at radius 2 is 1.88 bits per heavy atom. The molecule has 0 radical (unpaired) electrons. The van der Waals surface area contributed by atoms with Gasteiger partial charge in [0.1, 0.15) is 17.2 Å². The Hall–Kier alpha value is -3.36. The molecule has 2 aromatic carbocycles. The van der Waals surface area contributed by atoms with Gasteiger partial charge in [0.25, 0.3) is 0 Å². The molecular formula is C31H34Cl2F2N4O2. The smallest absolute Gasteiger partial charge is 0.181 e. The van der Waals surface area contributed by atoms with Crippen LogP contribution in [0.15, 0.2) is 54.7 Å². The van der Waals surface area contributed by atoms with Gasteiger partial charge in [-0.15, -0.1) is 12.4 Å². The number of benzene rings is 2. The average molecular weight is 604 g/mol. The minimum absolute atomic E-state index is 0. The minimum atomic E-state index is -0.384. The zero-order chi connectivity index (χ0) is 28.4. The van der Waals surface area contributed by atoms with Crippen molar-refractivity contribution in [1.29, 1.82) is 0 Å². The fourth-order valence-electron chi connectivity index (χ4n) is 5.45. The summed E-state index contributed by atoms with van der Waals surface area (Å²) in [5.41, 5.74) is 4.03. The van der Waals surface area contributed by atoms with Gasteiger partial charge in [0.05, 0.1) is 23.0 Å². The third-order valence-corrected chi connectivity index (χ3v) is 7.65. The van der Waals surface area contributed by atoms with E-state index in [1.165, 1.54) is 12.1 Å². The number of carbonyl (C=O) groups is 1. The van der Waals surface area contributed by atoms with E-state index in [2.05, 4.69) is 16.8 Å². The number of piperazine rings is 1. The van der Waals surface area contributed by atoms with Gasteiger partial charge in [0, 0.05) is 50.0 Å². The van der Waals surface area contributed by atoms with E-state index >= 15 is 4.39 Å². The van der Waals surface area contributed by atoms with Gasteiger partial charge in [-0.1, -0.05) is 24.6 Å². The van der Waals surface area contributed by atoms with E-state index in [0.717, 1.165) is 16.9 Å². The molecule has 2 aromatic heterocycles. The Balaban J connectivity index is 0.00000387. The number of Topliss-reactive ketones (excluding diaryl/α,β-unsaturated/α-hetero) is 1. The second-order valence-corrected chi connectivity index (χ2v) is 10.5. The molecule has 0 bridgehead atoms. The number of imidazole rings is 1. The van der Waals surface area contributed by atoms with Crippen LogP contribution < -0.4 is 14.5 Å². The van der Waals surface area contributed by atoms with E-state index in [1.54, 1.807) is 34.9 Å². The summed E-state index contributed by atoms with van der Waals surface area (Å²) in [6.45, 7) is 8.07. The number of aryl methyl sites for hydroxylation is 2. The molecule has 6 nitrogen and oxygen atoms in total. The van der Waals surface area contributed by atoms with Crippen LogP contribution in [-0.2, 0) is 12.8 Å². The number of anilines is 2. The summed E-state index contributed by atoms with van der Waals surface area (Å²) in [5, 5.41) is 0.529. The number of fused-ring (bicyclic) bond motifs is 1. The predicted molar refractivity (Wildman–Crippen MR) is 162 cm³/mol. The minimum Gasteiger partial charge on any atom is -0.491 e. The van der Waals surface area contributed by atoms with Crippen LogP contribution in [0.25, 0.3) is 5.65 Å². The molecule has 0 spiro atoms. The van der Waals surface area contributed by atoms with E-state index in [9.17, 15) is 9.18 Å². The molecule has 1 aliphatic rings. The molecule has 10 heteroatoms. The van der Waals surface area contributed by atoms with Crippen molar-refractivity contribution in [3.63, 3.8) is 0 Å². The van der Waals surface area contributed by atoms with Crippen molar-refractivity contribution in [3.05, 3.63) is 88.3 Å². The molecule has 1 fully saturated rings. The molecule has 1 saturated heterocycles. The second-order valence-electron chi connectivity index (χ2n) is 10.1. The highest BCUT2D eigenvalue weighted by atomic mass is 35.5. The van der Waals surface area contributed by atoms with Crippen LogP contribution in [0.3, 0.4) is 0 Å². The third kappa shape index (κ3) is 6.44. The largest absolute Gasteiger partial charge is 0.491 e. The van der Waals surface area contributed by atoms with E-state index in [-0.39, 0.29) is 48.0 Å². The van der Waals surface area contributed by atoms with Gasteiger partial charge < -0.3 is 14.5 Å². The average Bonchev–Trinajstić information content (AvgIpc) is 3.31. The molecule has 0 unspecified atom stereocenters. The molecule has 0 N–H and O–H groups in total. The highest BCUT2D eigenvalue weighted by Crippen LogP contribution is 2.30. The van der Waals surface area contributed by atoms with Crippen LogP contribution in [0.4, 0.5) is 20.2 Å². The van der Waals surface area contributed by atoms with Crippen molar-refractivity contribution >= 4 is 46.8 Å². The molecule has 0 saturated carbocycles. The molecule has 1 aliphatic heterocycles. The molecule has 218 valence electrons. The van der Waals surface area contributed by atoms with Crippen molar-refractivity contribution in [2.45, 2.75) is 46.1 Å². The summed E-state index contributed by atoms with van der Waals surface area (Å²) < 4.78 is 36.8. The SMILES string of the molecule is CCOc1ccc(N2CCN(c3ccc(CCC(=O)c4c(CC)nc5ccc(Cl)cn45)cc3F)C[C@@H]2C)cc1F.Cl. The Kier molecular flexibility index (Phi) is 9.76. The summed E-state index contributed by atoms with van der Waals surface area (Å²) in [4.78, 5) is 21.9. The molecule has 41 heavy (non-hydrogen) atoms. The van der Waals surface area contributed by atoms with E-state index in [0.29, 0.717) is 61.1 Å². The monoisotopic (exact) mass is 602 g/mol. The quantitative estimate of drug-likeness (QED) is 0.190. The van der Waals surface area contributed by atoms with Gasteiger partial charge in [-0.3, -0.25) is 9.20 Å². The zero-order valence-corrected chi connectivity index (χ0v) is 24.9. The third-order valence-electron chi connectivity index (χ3n) is 7.42. The molecule has 5 rings (SSSR count). The molecule has 4 aromatic rings. The number of nitrogens with zero attached hydrogens (tertiary/aromatic N) is 4. The first kappa shape index (κ1) is 30.6. The van der Waals surface area contributed by atoms with Crippen LogP contribution >= 0.6 is 24.0 Å². The van der Waals surface area contributed by atoms with Crippen LogP contribution in [0.5, 0.6) is 5.75 Å². The first-order valence-corrected chi connectivity index (χ1v) is 14.1. The number of hydrogen-bond donors (Lipinski definition) is 0. The summed E-state index contributed by atoms with van der Waals surface area (Å²) in [5.74, 6) is -0.499. The molecule has 1 atom stereocenters. The number of hydrogen-bond acceptors (Lipinski definition) is 5. The summed E-state index contributed by atoms with van der Waals surface area (Å²) in [7, 11) is 0. The lowest BCUT2D eigenvalue weighted by Gasteiger charge is -2.42. The summed E-state index contributed by atoms with van der Waals surface area (Å²) in [6, 6.07) is 13.8. The number of halogens is 4. The predicted octanol–water partition coefficient (Wildman–Crippen LogP) is 7.18. The Bertz CT molecular complexity index is 1540. The summed E-state index contributed by atoms with van der Waals surface area (Å²) >= 11 is 6.16. The van der Waals surface area contributed by atoms with Crippen molar-refractivity contribution in [1.82, 2.24) is 9.38 Å². The standard InChI is InChI=1S/C31H33ClF2N4O2.ClH/c1-4-26-31(38-19-22(32)8-13-30(38)35-26)28(39)11-7-21-6-10-27(24(33)16-21)36-14-15-37(20(3)18-36)23-9-12-29(40-5-2)25(34)17-23;/h6,8-10,12-13,16-17,19-20H,4-5,7,11,14-15,18H2,1-3H3;1H/t20-;/m0./s1. The maximum absolute atomic E-state index is 15.3. The molecule has 0 aliphatic carbocycles. The number of ketones is 1. The maximum atomic E-state index is 15.3. The number of aromatic nitrogens is 2. The molecular weight excluding hydrogens is 569 g/mol. The normalized spacial score (nSPS) is 15.2.